The Morgan fingerprint density at radius 2 is 1.95 bits per heavy atom. The van der Waals surface area contributed by atoms with E-state index in [0.29, 0.717) is 32.1 Å². The SMILES string of the molecule is CC(C)(CO)NC(=O)CSCC(=O)N1CCOCC1. The molecule has 1 fully saturated rings. The summed E-state index contributed by atoms with van der Waals surface area (Å²) in [5, 5.41) is 11.7. The van der Waals surface area contributed by atoms with E-state index in [1.165, 1.54) is 11.8 Å². The molecule has 0 aromatic rings. The molecule has 19 heavy (non-hydrogen) atoms. The van der Waals surface area contributed by atoms with Gasteiger partial charge in [-0.3, -0.25) is 9.59 Å². The molecule has 1 aliphatic rings. The molecule has 110 valence electrons. The third kappa shape index (κ3) is 6.26. The molecule has 0 unspecified atom stereocenters. The smallest absolute Gasteiger partial charge is 0.232 e. The van der Waals surface area contributed by atoms with Gasteiger partial charge >= 0.3 is 0 Å². The van der Waals surface area contributed by atoms with E-state index in [1.54, 1.807) is 18.7 Å². The van der Waals surface area contributed by atoms with Crippen LogP contribution in [0.1, 0.15) is 13.8 Å². The zero-order valence-electron chi connectivity index (χ0n) is 11.5. The zero-order valence-corrected chi connectivity index (χ0v) is 12.3. The van der Waals surface area contributed by atoms with E-state index in [4.69, 9.17) is 9.84 Å². The van der Waals surface area contributed by atoms with E-state index in [0.717, 1.165) is 0 Å². The van der Waals surface area contributed by atoms with Crippen LogP contribution >= 0.6 is 11.8 Å². The second kappa shape index (κ2) is 7.72. The van der Waals surface area contributed by atoms with Gasteiger partial charge in [-0.2, -0.15) is 0 Å². The minimum absolute atomic E-state index is 0.0440. The third-order valence-corrected chi connectivity index (χ3v) is 3.61. The van der Waals surface area contributed by atoms with E-state index in [1.807, 2.05) is 0 Å². The molecule has 1 heterocycles. The van der Waals surface area contributed by atoms with Crippen LogP contribution in [0.2, 0.25) is 0 Å². The highest BCUT2D eigenvalue weighted by Crippen LogP contribution is 2.06. The lowest BCUT2D eigenvalue weighted by Crippen LogP contribution is -2.47. The van der Waals surface area contributed by atoms with Gasteiger partial charge in [0.1, 0.15) is 0 Å². The normalized spacial score (nSPS) is 16.3. The molecule has 1 saturated heterocycles. The number of amides is 2. The average molecular weight is 290 g/mol. The number of carbonyl (C=O) groups excluding carboxylic acids is 2. The Balaban J connectivity index is 2.19. The number of morpholine rings is 1. The molecular formula is C12H22N2O4S. The fourth-order valence-electron chi connectivity index (χ4n) is 1.59. The van der Waals surface area contributed by atoms with Crippen molar-refractivity contribution in [3.8, 4) is 0 Å². The van der Waals surface area contributed by atoms with Gasteiger partial charge in [0, 0.05) is 13.1 Å². The van der Waals surface area contributed by atoms with Crippen molar-refractivity contribution in [3.63, 3.8) is 0 Å². The highest BCUT2D eigenvalue weighted by Gasteiger charge is 2.20. The van der Waals surface area contributed by atoms with Crippen LogP contribution in [0.15, 0.2) is 0 Å². The highest BCUT2D eigenvalue weighted by molar-refractivity contribution is 8.00. The number of nitrogens with one attached hydrogen (secondary N) is 1. The number of hydrogen-bond donors (Lipinski definition) is 2. The number of aliphatic hydroxyl groups excluding tert-OH is 1. The van der Waals surface area contributed by atoms with Gasteiger partial charge in [0.25, 0.3) is 0 Å². The van der Waals surface area contributed by atoms with E-state index in [-0.39, 0.29) is 24.2 Å². The topological polar surface area (TPSA) is 78.9 Å². The van der Waals surface area contributed by atoms with Gasteiger partial charge in [0.2, 0.25) is 11.8 Å². The van der Waals surface area contributed by atoms with Gasteiger partial charge in [0.05, 0.1) is 36.9 Å². The van der Waals surface area contributed by atoms with Gasteiger partial charge in [-0.15, -0.1) is 11.8 Å². The predicted molar refractivity (Wildman–Crippen MR) is 74.0 cm³/mol. The second-order valence-corrected chi connectivity index (χ2v) is 6.06. The summed E-state index contributed by atoms with van der Waals surface area (Å²) < 4.78 is 5.17. The fourth-order valence-corrected chi connectivity index (χ4v) is 2.30. The van der Waals surface area contributed by atoms with Crippen molar-refractivity contribution in [1.29, 1.82) is 0 Å². The fraction of sp³-hybridized carbons (Fsp3) is 0.833. The zero-order chi connectivity index (χ0) is 14.3. The van der Waals surface area contributed by atoms with Crippen molar-refractivity contribution in [2.75, 3.05) is 44.4 Å². The van der Waals surface area contributed by atoms with Gasteiger partial charge in [0.15, 0.2) is 0 Å². The van der Waals surface area contributed by atoms with E-state index in [2.05, 4.69) is 5.32 Å². The number of thioether (sulfide) groups is 1. The number of hydrogen-bond acceptors (Lipinski definition) is 5. The van der Waals surface area contributed by atoms with Crippen molar-refractivity contribution >= 4 is 23.6 Å². The molecule has 2 amide bonds. The summed E-state index contributed by atoms with van der Waals surface area (Å²) in [5.74, 6) is 0.397. The van der Waals surface area contributed by atoms with Crippen molar-refractivity contribution in [2.24, 2.45) is 0 Å². The van der Waals surface area contributed by atoms with Crippen LogP contribution in [0, 0.1) is 0 Å². The first kappa shape index (κ1) is 16.3. The second-order valence-electron chi connectivity index (χ2n) is 5.08. The van der Waals surface area contributed by atoms with Crippen LogP contribution < -0.4 is 5.32 Å². The van der Waals surface area contributed by atoms with Crippen LogP contribution in [0.25, 0.3) is 0 Å². The number of carbonyl (C=O) groups is 2. The third-order valence-electron chi connectivity index (χ3n) is 2.70. The first-order chi connectivity index (χ1) is 8.94. The summed E-state index contributed by atoms with van der Waals surface area (Å²) >= 11 is 1.29. The molecule has 0 radical (unpaired) electrons. The number of rotatable bonds is 6. The van der Waals surface area contributed by atoms with Crippen LogP contribution in [0.3, 0.4) is 0 Å². The number of aliphatic hydroxyl groups is 1. The molecular weight excluding hydrogens is 268 g/mol. The van der Waals surface area contributed by atoms with Gasteiger partial charge in [-0.25, -0.2) is 0 Å². The van der Waals surface area contributed by atoms with Crippen molar-refractivity contribution in [3.05, 3.63) is 0 Å². The minimum Gasteiger partial charge on any atom is -0.394 e. The first-order valence-corrected chi connectivity index (χ1v) is 7.45. The predicted octanol–water partition coefficient (Wildman–Crippen LogP) is -0.534. The Bertz CT molecular complexity index is 317. The average Bonchev–Trinajstić information content (AvgIpc) is 2.39. The number of nitrogens with zero attached hydrogens (tertiary/aromatic N) is 1. The first-order valence-electron chi connectivity index (χ1n) is 6.30. The largest absolute Gasteiger partial charge is 0.394 e. The van der Waals surface area contributed by atoms with E-state index in [9.17, 15) is 9.59 Å². The summed E-state index contributed by atoms with van der Waals surface area (Å²) in [6.45, 7) is 5.80. The Hall–Kier alpha value is -0.790. The number of ether oxygens (including phenoxy) is 1. The molecule has 0 atom stereocenters. The van der Waals surface area contributed by atoms with Gasteiger partial charge in [-0.05, 0) is 13.8 Å². The molecule has 0 saturated carbocycles. The Morgan fingerprint density at radius 3 is 2.53 bits per heavy atom. The van der Waals surface area contributed by atoms with Gasteiger partial charge in [-0.1, -0.05) is 0 Å². The molecule has 2 N–H and O–H groups in total. The molecule has 0 aromatic heterocycles. The standard InChI is InChI=1S/C12H22N2O4S/c1-12(2,9-15)13-10(16)7-19-8-11(17)14-3-5-18-6-4-14/h15H,3-9H2,1-2H3,(H,13,16). The maximum atomic E-state index is 11.8. The van der Waals surface area contributed by atoms with Crippen LogP contribution in [0.5, 0.6) is 0 Å². The van der Waals surface area contributed by atoms with E-state index < -0.39 is 5.54 Å². The molecule has 1 aliphatic heterocycles. The Morgan fingerprint density at radius 1 is 1.32 bits per heavy atom. The highest BCUT2D eigenvalue weighted by atomic mass is 32.2. The summed E-state index contributed by atoms with van der Waals surface area (Å²) in [6, 6.07) is 0. The summed E-state index contributed by atoms with van der Waals surface area (Å²) in [6.07, 6.45) is 0. The Kier molecular flexibility index (Phi) is 6.60. The molecule has 0 aliphatic carbocycles. The summed E-state index contributed by atoms with van der Waals surface area (Å²) in [4.78, 5) is 25.1. The van der Waals surface area contributed by atoms with E-state index >= 15 is 0 Å². The van der Waals surface area contributed by atoms with Crippen LogP contribution in [0.4, 0.5) is 0 Å². The minimum atomic E-state index is -0.619. The van der Waals surface area contributed by atoms with Crippen molar-refractivity contribution in [1.82, 2.24) is 10.2 Å². The molecule has 6 nitrogen and oxygen atoms in total. The molecule has 7 heteroatoms. The summed E-state index contributed by atoms with van der Waals surface area (Å²) in [5.41, 5.74) is -0.619. The van der Waals surface area contributed by atoms with Crippen molar-refractivity contribution < 1.29 is 19.4 Å². The quantitative estimate of drug-likeness (QED) is 0.687. The van der Waals surface area contributed by atoms with Crippen LogP contribution in [-0.2, 0) is 14.3 Å². The van der Waals surface area contributed by atoms with Crippen LogP contribution in [-0.4, -0.2) is 71.8 Å². The molecule has 1 rings (SSSR count). The van der Waals surface area contributed by atoms with Crippen molar-refractivity contribution in [2.45, 2.75) is 19.4 Å². The lowest BCUT2D eigenvalue weighted by molar-refractivity contribution is -0.132. The molecule has 0 spiro atoms. The summed E-state index contributed by atoms with van der Waals surface area (Å²) in [7, 11) is 0. The lowest BCUT2D eigenvalue weighted by atomic mass is 10.1. The lowest BCUT2D eigenvalue weighted by Gasteiger charge is -2.27. The monoisotopic (exact) mass is 290 g/mol. The maximum Gasteiger partial charge on any atom is 0.232 e. The Labute approximate surface area is 117 Å². The maximum absolute atomic E-state index is 11.8. The van der Waals surface area contributed by atoms with Gasteiger partial charge < -0.3 is 20.1 Å². The molecule has 0 aromatic carbocycles. The molecule has 0 bridgehead atoms.